The molecule has 0 fully saturated rings. The molecule has 0 saturated carbocycles. The number of aromatic amines is 1. The molecule has 8 heteroatoms. The van der Waals surface area contributed by atoms with E-state index in [1.165, 1.54) is 18.2 Å². The van der Waals surface area contributed by atoms with Gasteiger partial charge in [0.05, 0.1) is 18.3 Å². The van der Waals surface area contributed by atoms with Gasteiger partial charge in [-0.1, -0.05) is 12.1 Å². The molecular formula is C18H17FN4O3. The molecule has 2 heterocycles. The van der Waals surface area contributed by atoms with Gasteiger partial charge in [0, 0.05) is 18.5 Å². The molecule has 1 aromatic carbocycles. The third kappa shape index (κ3) is 4.42. The summed E-state index contributed by atoms with van der Waals surface area (Å²) in [5.41, 5.74) is 1.40. The third-order valence-electron chi connectivity index (χ3n) is 3.63. The molecule has 3 aromatic rings. The van der Waals surface area contributed by atoms with E-state index in [1.54, 1.807) is 36.7 Å². The minimum atomic E-state index is -0.583. The lowest BCUT2D eigenvalue weighted by atomic mass is 10.1. The molecule has 0 aliphatic carbocycles. The van der Waals surface area contributed by atoms with Crippen molar-refractivity contribution < 1.29 is 19.0 Å². The Bertz CT molecular complexity index is 870. The largest absolute Gasteiger partial charge is 0.487 e. The average molecular weight is 356 g/mol. The van der Waals surface area contributed by atoms with E-state index >= 15 is 0 Å². The lowest BCUT2D eigenvalue weighted by Crippen LogP contribution is -2.31. The van der Waals surface area contributed by atoms with Gasteiger partial charge in [-0.15, -0.1) is 0 Å². The first-order valence-electron chi connectivity index (χ1n) is 7.90. The van der Waals surface area contributed by atoms with E-state index < -0.39 is 17.8 Å². The fourth-order valence-electron chi connectivity index (χ4n) is 2.32. The summed E-state index contributed by atoms with van der Waals surface area (Å²) in [5, 5.41) is 18.8. The maximum Gasteiger partial charge on any atom is 0.272 e. The molecule has 134 valence electrons. The molecule has 0 bridgehead atoms. The average Bonchev–Trinajstić information content (AvgIpc) is 3.14. The normalized spacial score (nSPS) is 11.8. The second-order valence-electron chi connectivity index (χ2n) is 5.52. The van der Waals surface area contributed by atoms with Crippen molar-refractivity contribution in [3.63, 3.8) is 0 Å². The second-order valence-corrected chi connectivity index (χ2v) is 5.52. The van der Waals surface area contributed by atoms with Crippen molar-refractivity contribution in [1.82, 2.24) is 20.5 Å². The zero-order valence-corrected chi connectivity index (χ0v) is 13.7. The number of nitrogens with zero attached hydrogens (tertiary/aromatic N) is 2. The number of aromatic nitrogens is 3. The van der Waals surface area contributed by atoms with Crippen LogP contribution in [0.15, 0.2) is 54.9 Å². The lowest BCUT2D eigenvalue weighted by molar-refractivity contribution is 0.0911. The summed E-state index contributed by atoms with van der Waals surface area (Å²) in [6, 6.07) is 10.2. The summed E-state index contributed by atoms with van der Waals surface area (Å²) in [5.74, 6) is -0.457. The van der Waals surface area contributed by atoms with Crippen LogP contribution in [0, 0.1) is 5.82 Å². The molecule has 0 aliphatic heterocycles. The van der Waals surface area contributed by atoms with Gasteiger partial charge in [0.15, 0.2) is 0 Å². The number of nitrogens with one attached hydrogen (secondary N) is 2. The number of H-pyrrole nitrogens is 1. The molecule has 3 rings (SSSR count). The number of ether oxygens (including phenoxy) is 1. The van der Waals surface area contributed by atoms with Crippen molar-refractivity contribution >= 4 is 5.91 Å². The van der Waals surface area contributed by atoms with E-state index in [9.17, 15) is 14.3 Å². The number of hydrogen-bond acceptors (Lipinski definition) is 5. The highest BCUT2D eigenvalue weighted by molar-refractivity contribution is 5.92. The molecule has 1 atom stereocenters. The second kappa shape index (κ2) is 8.21. The van der Waals surface area contributed by atoms with Crippen LogP contribution in [0.5, 0.6) is 5.75 Å². The molecule has 7 nitrogen and oxygen atoms in total. The van der Waals surface area contributed by atoms with Crippen molar-refractivity contribution in [1.29, 1.82) is 0 Å². The number of benzene rings is 1. The number of carbonyl (C=O) groups excluding carboxylic acids is 1. The highest BCUT2D eigenvalue weighted by atomic mass is 19.1. The summed E-state index contributed by atoms with van der Waals surface area (Å²) in [6.07, 6.45) is 3.18. The topological polar surface area (TPSA) is 100 Å². The fourth-order valence-corrected chi connectivity index (χ4v) is 2.32. The van der Waals surface area contributed by atoms with Crippen LogP contribution in [0.4, 0.5) is 4.39 Å². The van der Waals surface area contributed by atoms with Gasteiger partial charge in [-0.3, -0.25) is 14.9 Å². The Morgan fingerprint density at radius 1 is 1.31 bits per heavy atom. The maximum atomic E-state index is 13.1. The van der Waals surface area contributed by atoms with Crippen molar-refractivity contribution in [2.45, 2.75) is 12.6 Å². The Kier molecular flexibility index (Phi) is 5.55. The van der Waals surface area contributed by atoms with Gasteiger partial charge >= 0.3 is 0 Å². The van der Waals surface area contributed by atoms with Crippen molar-refractivity contribution in [3.05, 3.63) is 77.6 Å². The van der Waals surface area contributed by atoms with Crippen LogP contribution >= 0.6 is 0 Å². The first kappa shape index (κ1) is 17.6. The van der Waals surface area contributed by atoms with Crippen molar-refractivity contribution in [3.8, 4) is 5.75 Å². The molecule has 1 amide bonds. The number of rotatable bonds is 7. The quantitative estimate of drug-likeness (QED) is 0.601. The van der Waals surface area contributed by atoms with Crippen LogP contribution in [0.2, 0.25) is 0 Å². The van der Waals surface area contributed by atoms with Crippen molar-refractivity contribution in [2.24, 2.45) is 0 Å². The number of aliphatic hydroxyl groups excluding tert-OH is 1. The van der Waals surface area contributed by atoms with E-state index in [0.29, 0.717) is 17.0 Å². The Hall–Kier alpha value is -3.26. The fraction of sp³-hybridized carbons (Fsp3) is 0.167. The summed E-state index contributed by atoms with van der Waals surface area (Å²) < 4.78 is 18.6. The lowest BCUT2D eigenvalue weighted by Gasteiger charge is -2.15. The van der Waals surface area contributed by atoms with Crippen LogP contribution < -0.4 is 10.1 Å². The standard InChI is InChI=1S/C18H17FN4O3/c19-13-4-1-5-15(7-13)26-11-14-8-16(23-22-14)18(25)21-17(10-24)12-3-2-6-20-9-12/h1-9,17,24H,10-11H2,(H,21,25)(H,22,23)/t17-/m0/s1. The SMILES string of the molecule is O=C(N[C@@H](CO)c1cccnc1)c1cc(COc2cccc(F)c2)[nH]n1. The highest BCUT2D eigenvalue weighted by Crippen LogP contribution is 2.15. The monoisotopic (exact) mass is 356 g/mol. The highest BCUT2D eigenvalue weighted by Gasteiger charge is 2.17. The van der Waals surface area contributed by atoms with E-state index in [2.05, 4.69) is 20.5 Å². The minimum absolute atomic E-state index is 0.107. The molecular weight excluding hydrogens is 339 g/mol. The number of hydrogen-bond donors (Lipinski definition) is 3. The number of pyridine rings is 1. The Balaban J connectivity index is 1.60. The summed E-state index contributed by atoms with van der Waals surface area (Å²) in [7, 11) is 0. The summed E-state index contributed by atoms with van der Waals surface area (Å²) in [4.78, 5) is 16.3. The van der Waals surface area contributed by atoms with Gasteiger partial charge in [-0.25, -0.2) is 4.39 Å². The number of halogens is 1. The van der Waals surface area contributed by atoms with Gasteiger partial charge in [0.25, 0.3) is 5.91 Å². The number of carbonyl (C=O) groups is 1. The first-order chi connectivity index (χ1) is 12.7. The maximum absolute atomic E-state index is 13.1. The van der Waals surface area contributed by atoms with Gasteiger partial charge in [-0.05, 0) is 29.8 Å². The van der Waals surface area contributed by atoms with Crippen molar-refractivity contribution in [2.75, 3.05) is 6.61 Å². The summed E-state index contributed by atoms with van der Waals surface area (Å²) in [6.45, 7) is -0.160. The Labute approximate surface area is 148 Å². The molecule has 26 heavy (non-hydrogen) atoms. The zero-order valence-electron chi connectivity index (χ0n) is 13.7. The Morgan fingerprint density at radius 2 is 2.19 bits per heavy atom. The molecule has 0 spiro atoms. The van der Waals surface area contributed by atoms with Crippen LogP contribution in [-0.2, 0) is 6.61 Å². The minimum Gasteiger partial charge on any atom is -0.487 e. The molecule has 0 radical (unpaired) electrons. The van der Waals surface area contributed by atoms with E-state index in [4.69, 9.17) is 4.74 Å². The van der Waals surface area contributed by atoms with Crippen LogP contribution in [0.25, 0.3) is 0 Å². The number of amides is 1. The van der Waals surface area contributed by atoms with Gasteiger partial charge in [0.2, 0.25) is 0 Å². The van der Waals surface area contributed by atoms with Crippen LogP contribution in [-0.4, -0.2) is 32.8 Å². The van der Waals surface area contributed by atoms with Gasteiger partial charge in [0.1, 0.15) is 23.9 Å². The van der Waals surface area contributed by atoms with Crippen LogP contribution in [0.1, 0.15) is 27.8 Å². The Morgan fingerprint density at radius 3 is 2.92 bits per heavy atom. The molecule has 2 aromatic heterocycles. The predicted molar refractivity (Wildman–Crippen MR) is 90.8 cm³/mol. The molecule has 0 aliphatic rings. The number of aliphatic hydroxyl groups is 1. The van der Waals surface area contributed by atoms with Crippen LogP contribution in [0.3, 0.4) is 0 Å². The van der Waals surface area contributed by atoms with E-state index in [0.717, 1.165) is 0 Å². The smallest absolute Gasteiger partial charge is 0.272 e. The predicted octanol–water partition coefficient (Wildman–Crippen LogP) is 1.99. The van der Waals surface area contributed by atoms with E-state index in [-0.39, 0.29) is 18.9 Å². The first-order valence-corrected chi connectivity index (χ1v) is 7.90. The van der Waals surface area contributed by atoms with Gasteiger partial charge < -0.3 is 15.2 Å². The van der Waals surface area contributed by atoms with Gasteiger partial charge in [-0.2, -0.15) is 5.10 Å². The molecule has 0 unspecified atom stereocenters. The third-order valence-corrected chi connectivity index (χ3v) is 3.63. The molecule has 0 saturated heterocycles. The summed E-state index contributed by atoms with van der Waals surface area (Å²) >= 11 is 0. The van der Waals surface area contributed by atoms with E-state index in [1.807, 2.05) is 0 Å². The zero-order chi connectivity index (χ0) is 18.4. The molecule has 3 N–H and O–H groups in total.